The van der Waals surface area contributed by atoms with Crippen molar-refractivity contribution in [2.75, 3.05) is 25.1 Å². The number of thiophene rings is 1. The van der Waals surface area contributed by atoms with E-state index >= 15 is 0 Å². The maximum atomic E-state index is 14.9. The zero-order valence-electron chi connectivity index (χ0n) is 19.0. The fraction of sp³-hybridized carbons (Fsp3) is 0.250. The van der Waals surface area contributed by atoms with Crippen LogP contribution in [0, 0.1) is 5.82 Å². The minimum Gasteiger partial charge on any atom is -0.394 e. The molecule has 12 heteroatoms. The summed E-state index contributed by atoms with van der Waals surface area (Å²) >= 11 is 7.48. The summed E-state index contributed by atoms with van der Waals surface area (Å²) in [6.45, 7) is 0.282. The number of nitrogens with one attached hydrogen (secondary N) is 1. The summed E-state index contributed by atoms with van der Waals surface area (Å²) < 4.78 is 22.0. The number of ether oxygens (including phenoxy) is 1. The summed E-state index contributed by atoms with van der Waals surface area (Å²) in [5, 5.41) is 17.9. The van der Waals surface area contributed by atoms with Gasteiger partial charge in [0, 0.05) is 23.0 Å². The number of amides is 1. The molecule has 0 radical (unpaired) electrons. The van der Waals surface area contributed by atoms with Gasteiger partial charge in [0.2, 0.25) is 5.95 Å². The van der Waals surface area contributed by atoms with Crippen LogP contribution in [0.1, 0.15) is 26.8 Å². The van der Waals surface area contributed by atoms with Crippen molar-refractivity contribution >= 4 is 40.6 Å². The molecule has 1 fully saturated rings. The molecule has 0 aliphatic carbocycles. The Hall–Kier alpha value is -3.38. The van der Waals surface area contributed by atoms with Gasteiger partial charge in [0.1, 0.15) is 17.1 Å². The fourth-order valence-corrected chi connectivity index (χ4v) is 6.21. The van der Waals surface area contributed by atoms with E-state index in [1.807, 2.05) is 6.07 Å². The summed E-state index contributed by atoms with van der Waals surface area (Å²) in [4.78, 5) is 25.1. The Morgan fingerprint density at radius 2 is 2.17 bits per heavy atom. The number of aliphatic hydroxyl groups excluding tert-OH is 1. The Labute approximate surface area is 214 Å². The second-order valence-corrected chi connectivity index (χ2v) is 10.2. The molecule has 1 saturated heterocycles. The lowest BCUT2D eigenvalue weighted by Crippen LogP contribution is -2.58. The number of nitrogens with zero attached hydrogens (tertiary/aromatic N) is 5. The largest absolute Gasteiger partial charge is 0.394 e. The maximum absolute atomic E-state index is 14.9. The summed E-state index contributed by atoms with van der Waals surface area (Å²) in [5.74, 6) is 0.00608. The Morgan fingerprint density at radius 3 is 2.83 bits per heavy atom. The number of hydrogen-bond acceptors (Lipinski definition) is 8. The van der Waals surface area contributed by atoms with Crippen LogP contribution >= 0.6 is 22.9 Å². The zero-order chi connectivity index (χ0) is 25.0. The Morgan fingerprint density at radius 1 is 1.33 bits per heavy atom. The van der Waals surface area contributed by atoms with Crippen LogP contribution in [-0.2, 0) is 17.3 Å². The predicted octanol–water partition coefficient (Wildman–Crippen LogP) is 3.89. The number of carbonyl (C=O) groups is 1. The quantitative estimate of drug-likeness (QED) is 0.392. The van der Waals surface area contributed by atoms with Crippen LogP contribution in [0.2, 0.25) is 5.02 Å². The van der Waals surface area contributed by atoms with E-state index in [9.17, 15) is 14.3 Å². The van der Waals surface area contributed by atoms with Crippen LogP contribution in [0.25, 0.3) is 10.6 Å². The predicted molar refractivity (Wildman–Crippen MR) is 132 cm³/mol. The molecule has 3 aromatic heterocycles. The highest BCUT2D eigenvalue weighted by Crippen LogP contribution is 2.53. The Bertz CT molecular complexity index is 1490. The Kier molecular flexibility index (Phi) is 5.52. The normalized spacial score (nSPS) is 16.8. The molecule has 184 valence electrons. The fourth-order valence-electron chi connectivity index (χ4n) is 4.71. The lowest BCUT2D eigenvalue weighted by molar-refractivity contribution is -0.139. The van der Waals surface area contributed by atoms with Crippen LogP contribution < -0.4 is 5.32 Å². The minimum atomic E-state index is -0.746. The van der Waals surface area contributed by atoms with Crippen molar-refractivity contribution in [3.8, 4) is 10.6 Å². The van der Waals surface area contributed by atoms with Gasteiger partial charge in [-0.2, -0.15) is 5.10 Å². The van der Waals surface area contributed by atoms with Gasteiger partial charge in [-0.3, -0.25) is 9.48 Å². The number of aryl methyl sites for hydroxylation is 1. The Balaban J connectivity index is 1.38. The van der Waals surface area contributed by atoms with Gasteiger partial charge in [0.15, 0.2) is 5.82 Å². The van der Waals surface area contributed by atoms with Crippen molar-refractivity contribution < 1.29 is 19.0 Å². The smallest absolute Gasteiger partial charge is 0.256 e. The molecular weight excluding hydrogens is 507 g/mol. The molecule has 4 aromatic rings. The number of aromatic nitrogens is 4. The molecule has 2 N–H and O–H groups in total. The first-order valence-electron chi connectivity index (χ1n) is 11.1. The molecule has 1 spiro atoms. The molecule has 0 saturated carbocycles. The molecule has 9 nitrogen and oxygen atoms in total. The van der Waals surface area contributed by atoms with Gasteiger partial charge in [-0.25, -0.2) is 14.4 Å². The van der Waals surface area contributed by atoms with Crippen molar-refractivity contribution in [2.45, 2.75) is 11.6 Å². The van der Waals surface area contributed by atoms with Crippen LogP contribution in [-0.4, -0.2) is 55.5 Å². The number of fused-ring (bicyclic) bond motifs is 2. The average molecular weight is 527 g/mol. The zero-order valence-corrected chi connectivity index (χ0v) is 20.6. The standard InChI is InChI=1S/C24H20ClFN6O3S/c1-31-19(5-6-28-31)29-23-27-9-16(26)20(30-23)18-8-15-21(36-18)24(11-35-12-24)32(22(15)34)17(10-33)13-3-2-4-14(25)7-13/h2-9,17,33H,10-12H2,1H3,(H,27,29,30). The van der Waals surface area contributed by atoms with Gasteiger partial charge < -0.3 is 20.1 Å². The first kappa shape index (κ1) is 23.0. The van der Waals surface area contributed by atoms with Crippen molar-refractivity contribution in [1.29, 1.82) is 0 Å². The van der Waals surface area contributed by atoms with E-state index in [1.54, 1.807) is 53.2 Å². The highest BCUT2D eigenvalue weighted by atomic mass is 35.5. The number of anilines is 2. The van der Waals surface area contributed by atoms with Gasteiger partial charge >= 0.3 is 0 Å². The number of benzene rings is 1. The third kappa shape index (κ3) is 3.50. The third-order valence-corrected chi connectivity index (χ3v) is 8.07. The van der Waals surface area contributed by atoms with E-state index < -0.39 is 17.4 Å². The number of carbonyl (C=O) groups excluding carboxylic acids is 1. The second-order valence-electron chi connectivity index (χ2n) is 8.66. The van der Waals surface area contributed by atoms with Gasteiger partial charge in [-0.05, 0) is 23.8 Å². The number of aliphatic hydroxyl groups is 1. The summed E-state index contributed by atoms with van der Waals surface area (Å²) in [6, 6.07) is 9.91. The van der Waals surface area contributed by atoms with E-state index in [4.69, 9.17) is 16.3 Å². The van der Waals surface area contributed by atoms with E-state index in [1.165, 1.54) is 11.3 Å². The van der Waals surface area contributed by atoms with Crippen molar-refractivity contribution in [1.82, 2.24) is 24.6 Å². The lowest BCUT2D eigenvalue weighted by atomic mass is 9.92. The minimum absolute atomic E-state index is 0.0948. The van der Waals surface area contributed by atoms with E-state index in [0.717, 1.165) is 16.6 Å². The third-order valence-electron chi connectivity index (χ3n) is 6.50. The van der Waals surface area contributed by atoms with Crippen LogP contribution in [0.5, 0.6) is 0 Å². The van der Waals surface area contributed by atoms with Crippen LogP contribution in [0.15, 0.2) is 48.8 Å². The summed E-state index contributed by atoms with van der Waals surface area (Å²) in [5.41, 5.74) is 0.535. The number of hydrogen-bond donors (Lipinski definition) is 2. The maximum Gasteiger partial charge on any atom is 0.256 e. The topological polar surface area (TPSA) is 105 Å². The van der Waals surface area contributed by atoms with E-state index in [0.29, 0.717) is 21.3 Å². The number of rotatable bonds is 6. The first-order valence-corrected chi connectivity index (χ1v) is 12.3. The summed E-state index contributed by atoms with van der Waals surface area (Å²) in [6.07, 6.45) is 2.72. The van der Waals surface area contributed by atoms with Crippen molar-refractivity contribution in [3.05, 3.63) is 75.6 Å². The second kappa shape index (κ2) is 8.63. The molecule has 2 aliphatic heterocycles. The van der Waals surface area contributed by atoms with Crippen molar-refractivity contribution in [3.63, 3.8) is 0 Å². The van der Waals surface area contributed by atoms with E-state index in [-0.39, 0.29) is 37.4 Å². The first-order chi connectivity index (χ1) is 17.4. The molecule has 6 rings (SSSR count). The molecule has 36 heavy (non-hydrogen) atoms. The van der Waals surface area contributed by atoms with Gasteiger partial charge in [-0.1, -0.05) is 23.7 Å². The molecular formula is C24H20ClFN6O3S. The lowest BCUT2D eigenvalue weighted by Gasteiger charge is -2.48. The van der Waals surface area contributed by atoms with E-state index in [2.05, 4.69) is 20.4 Å². The number of halogens is 2. The molecule has 2 aliphatic rings. The van der Waals surface area contributed by atoms with Gasteiger partial charge in [-0.15, -0.1) is 11.3 Å². The highest BCUT2D eigenvalue weighted by Gasteiger charge is 2.58. The molecule has 1 atom stereocenters. The molecule has 0 bridgehead atoms. The monoisotopic (exact) mass is 526 g/mol. The molecule has 1 amide bonds. The van der Waals surface area contributed by atoms with Gasteiger partial charge in [0.25, 0.3) is 5.91 Å². The molecule has 1 unspecified atom stereocenters. The summed E-state index contributed by atoms with van der Waals surface area (Å²) in [7, 11) is 1.76. The average Bonchev–Trinajstić information content (AvgIpc) is 3.51. The van der Waals surface area contributed by atoms with Crippen LogP contribution in [0.4, 0.5) is 16.2 Å². The van der Waals surface area contributed by atoms with Crippen LogP contribution in [0.3, 0.4) is 0 Å². The molecule has 1 aromatic carbocycles. The van der Waals surface area contributed by atoms with Gasteiger partial charge in [0.05, 0.1) is 48.7 Å². The highest BCUT2D eigenvalue weighted by molar-refractivity contribution is 7.16. The SMILES string of the molecule is Cn1nccc1Nc1ncc(F)c(-c2cc3c(s2)C2(COC2)N(C(CO)c2cccc(Cl)c2)C3=O)n1. The van der Waals surface area contributed by atoms with Crippen molar-refractivity contribution in [2.24, 2.45) is 7.05 Å². The molecule has 5 heterocycles.